The van der Waals surface area contributed by atoms with Gasteiger partial charge in [0.1, 0.15) is 16.7 Å². The summed E-state index contributed by atoms with van der Waals surface area (Å²) in [5.74, 6) is 0.558. The second-order valence-electron chi connectivity index (χ2n) is 7.69. The second kappa shape index (κ2) is 7.49. The lowest BCUT2D eigenvalue weighted by atomic mass is 10.2. The molecule has 7 heteroatoms. The molecule has 0 unspecified atom stereocenters. The molecule has 0 atom stereocenters. The first-order valence-electron chi connectivity index (χ1n) is 10.6. The van der Waals surface area contributed by atoms with Gasteiger partial charge in [-0.1, -0.05) is 60.7 Å². The van der Waals surface area contributed by atoms with Crippen molar-refractivity contribution in [2.75, 3.05) is 0 Å². The van der Waals surface area contributed by atoms with Crippen molar-refractivity contribution in [1.29, 1.82) is 0 Å². The Bertz CT molecular complexity index is 1730. The van der Waals surface area contributed by atoms with Gasteiger partial charge in [0.25, 0.3) is 5.56 Å². The highest BCUT2D eigenvalue weighted by atomic mass is 16.1. The Morgan fingerprint density at radius 2 is 1.39 bits per heavy atom. The van der Waals surface area contributed by atoms with E-state index in [0.29, 0.717) is 33.5 Å². The van der Waals surface area contributed by atoms with Gasteiger partial charge in [-0.2, -0.15) is 9.78 Å². The molecule has 6 aromatic rings. The van der Waals surface area contributed by atoms with Gasteiger partial charge in [-0.25, -0.2) is 15.0 Å². The molecule has 0 aliphatic rings. The minimum Gasteiger partial charge on any atom is -0.268 e. The van der Waals surface area contributed by atoms with Crippen LogP contribution in [0.4, 0.5) is 0 Å². The van der Waals surface area contributed by atoms with E-state index in [0.717, 1.165) is 16.8 Å². The fourth-order valence-corrected chi connectivity index (χ4v) is 4.03. The van der Waals surface area contributed by atoms with Crippen molar-refractivity contribution in [3.63, 3.8) is 0 Å². The van der Waals surface area contributed by atoms with Crippen molar-refractivity contribution >= 4 is 39.4 Å². The number of hydrogen-bond donors (Lipinski definition) is 0. The van der Waals surface area contributed by atoms with E-state index in [-0.39, 0.29) is 5.56 Å². The van der Waals surface area contributed by atoms with Gasteiger partial charge in [-0.15, -0.1) is 0 Å². The maximum absolute atomic E-state index is 13.8. The Kier molecular flexibility index (Phi) is 4.33. The molecule has 6 rings (SSSR count). The maximum atomic E-state index is 13.8. The molecule has 3 aromatic heterocycles. The van der Waals surface area contributed by atoms with Crippen molar-refractivity contribution in [2.24, 2.45) is 5.10 Å². The Hall–Kier alpha value is -4.65. The highest BCUT2D eigenvalue weighted by Crippen LogP contribution is 2.26. The zero-order valence-electron chi connectivity index (χ0n) is 17.8. The monoisotopic (exact) mass is 430 g/mol. The lowest BCUT2D eigenvalue weighted by Crippen LogP contribution is -2.22. The topological polar surface area (TPSA) is 78.0 Å². The summed E-state index contributed by atoms with van der Waals surface area (Å²) in [5, 5.41) is 5.05. The molecule has 0 amide bonds. The summed E-state index contributed by atoms with van der Waals surface area (Å²) in [4.78, 5) is 28.2. The van der Waals surface area contributed by atoms with Gasteiger partial charge in [0, 0.05) is 0 Å². The Morgan fingerprint density at radius 1 is 0.758 bits per heavy atom. The zero-order valence-corrected chi connectivity index (χ0v) is 17.8. The van der Waals surface area contributed by atoms with Crippen LogP contribution in [-0.4, -0.2) is 30.4 Å². The summed E-state index contributed by atoms with van der Waals surface area (Å²) in [7, 11) is 0. The zero-order chi connectivity index (χ0) is 22.4. The van der Waals surface area contributed by atoms with Crippen LogP contribution in [0, 0.1) is 6.92 Å². The van der Waals surface area contributed by atoms with Crippen LogP contribution < -0.4 is 5.56 Å². The first-order chi connectivity index (χ1) is 16.2. The number of benzene rings is 3. The fraction of sp³-hybridized carbons (Fsp3) is 0.0385. The lowest BCUT2D eigenvalue weighted by Gasteiger charge is -2.09. The van der Waals surface area contributed by atoms with Crippen LogP contribution in [0.2, 0.25) is 0 Å². The number of hydrogen-bond acceptors (Lipinski definition) is 5. The van der Waals surface area contributed by atoms with E-state index >= 15 is 0 Å². The average molecular weight is 430 g/mol. The number of fused-ring (bicyclic) bond motifs is 4. The van der Waals surface area contributed by atoms with E-state index in [2.05, 4.69) is 5.10 Å². The molecule has 0 aliphatic carbocycles. The third-order valence-corrected chi connectivity index (χ3v) is 5.56. The minimum absolute atomic E-state index is 0.202. The number of aryl methyl sites for hydroxylation is 1. The summed E-state index contributed by atoms with van der Waals surface area (Å²) in [5.41, 5.74) is 4.31. The van der Waals surface area contributed by atoms with Crippen LogP contribution in [0.1, 0.15) is 11.4 Å². The molecule has 33 heavy (non-hydrogen) atoms. The normalized spacial score (nSPS) is 11.8. The van der Waals surface area contributed by atoms with Crippen molar-refractivity contribution in [3.05, 3.63) is 107 Å². The van der Waals surface area contributed by atoms with Gasteiger partial charge in [0.15, 0.2) is 11.3 Å². The van der Waals surface area contributed by atoms with Crippen LogP contribution in [0.25, 0.3) is 38.9 Å². The van der Waals surface area contributed by atoms with Gasteiger partial charge in [-0.05, 0) is 36.8 Å². The number of para-hydroxylation sites is 3. The summed E-state index contributed by atoms with van der Waals surface area (Å²) < 4.78 is 3.21. The smallest absolute Gasteiger partial charge is 0.268 e. The fourth-order valence-electron chi connectivity index (χ4n) is 4.03. The molecule has 3 aromatic carbocycles. The molecular weight excluding hydrogens is 412 g/mol. The van der Waals surface area contributed by atoms with Crippen LogP contribution >= 0.6 is 0 Å². The summed E-state index contributed by atoms with van der Waals surface area (Å²) in [6, 6.07) is 26.8. The summed E-state index contributed by atoms with van der Waals surface area (Å²) >= 11 is 0. The molecule has 0 radical (unpaired) electrons. The van der Waals surface area contributed by atoms with Crippen LogP contribution in [0.5, 0.6) is 0 Å². The number of rotatable bonds is 3. The van der Waals surface area contributed by atoms with Crippen LogP contribution in [-0.2, 0) is 0 Å². The summed E-state index contributed by atoms with van der Waals surface area (Å²) in [6.07, 6.45) is 1.73. The SMILES string of the molecule is Cc1nc2c(c(=O)n1-c1ccccc1)c1nc3ccccc3nc1n2/N=C\c1ccccc1. The van der Waals surface area contributed by atoms with Crippen molar-refractivity contribution in [3.8, 4) is 5.69 Å². The van der Waals surface area contributed by atoms with Crippen molar-refractivity contribution in [1.82, 2.24) is 24.2 Å². The molecule has 0 N–H and O–H groups in total. The van der Waals surface area contributed by atoms with E-state index in [4.69, 9.17) is 15.0 Å². The Labute approximate surface area is 188 Å². The molecule has 0 spiro atoms. The van der Waals surface area contributed by atoms with E-state index in [1.165, 1.54) is 0 Å². The lowest BCUT2D eigenvalue weighted by molar-refractivity contribution is 0.865. The first kappa shape index (κ1) is 19.1. The van der Waals surface area contributed by atoms with E-state index in [9.17, 15) is 4.79 Å². The predicted octanol–water partition coefficient (Wildman–Crippen LogP) is 4.47. The van der Waals surface area contributed by atoms with Gasteiger partial charge in [-0.3, -0.25) is 9.36 Å². The third kappa shape index (κ3) is 3.10. The molecule has 7 nitrogen and oxygen atoms in total. The third-order valence-electron chi connectivity index (χ3n) is 5.56. The van der Waals surface area contributed by atoms with E-state index in [1.54, 1.807) is 15.5 Å². The quantitative estimate of drug-likeness (QED) is 0.388. The van der Waals surface area contributed by atoms with Gasteiger partial charge < -0.3 is 0 Å². The molecule has 0 saturated carbocycles. The first-order valence-corrected chi connectivity index (χ1v) is 10.6. The average Bonchev–Trinajstić information content (AvgIpc) is 3.14. The Morgan fingerprint density at radius 3 is 2.12 bits per heavy atom. The standard InChI is InChI=1S/C26H18N6O/c1-17-28-24-22(26(33)31(17)19-12-6-3-7-13-19)23-25(30-21-15-9-8-14-20(21)29-23)32(24)27-16-18-10-4-2-5-11-18/h2-16H,1H3/b27-16-. The maximum Gasteiger partial charge on any atom is 0.269 e. The molecule has 158 valence electrons. The molecule has 0 saturated heterocycles. The molecular formula is C26H18N6O. The van der Waals surface area contributed by atoms with Crippen LogP contribution in [0.15, 0.2) is 94.8 Å². The van der Waals surface area contributed by atoms with Crippen LogP contribution in [0.3, 0.4) is 0 Å². The van der Waals surface area contributed by atoms with E-state index in [1.807, 2.05) is 91.9 Å². The molecule has 0 bridgehead atoms. The number of aromatic nitrogens is 5. The number of nitrogens with zero attached hydrogens (tertiary/aromatic N) is 6. The molecule has 0 fully saturated rings. The van der Waals surface area contributed by atoms with Crippen molar-refractivity contribution in [2.45, 2.75) is 6.92 Å². The highest BCUT2D eigenvalue weighted by Gasteiger charge is 2.21. The summed E-state index contributed by atoms with van der Waals surface area (Å²) in [6.45, 7) is 1.81. The highest BCUT2D eigenvalue weighted by molar-refractivity contribution is 6.05. The van der Waals surface area contributed by atoms with Gasteiger partial charge in [0.2, 0.25) is 0 Å². The van der Waals surface area contributed by atoms with Crippen molar-refractivity contribution < 1.29 is 0 Å². The minimum atomic E-state index is -0.202. The molecule has 3 heterocycles. The molecule has 0 aliphatic heterocycles. The largest absolute Gasteiger partial charge is 0.269 e. The second-order valence-corrected chi connectivity index (χ2v) is 7.69. The van der Waals surface area contributed by atoms with Gasteiger partial charge in [0.05, 0.1) is 22.9 Å². The van der Waals surface area contributed by atoms with Gasteiger partial charge >= 0.3 is 0 Å². The predicted molar refractivity (Wildman–Crippen MR) is 130 cm³/mol. The Balaban J connectivity index is 1.73. The van der Waals surface area contributed by atoms with E-state index < -0.39 is 0 Å².